The minimum Gasteiger partial charge on any atom is -0.447 e. The first kappa shape index (κ1) is 16.4. The maximum atomic E-state index is 12.2. The van der Waals surface area contributed by atoms with Gasteiger partial charge in [-0.3, -0.25) is 4.79 Å². The minimum absolute atomic E-state index is 0.103. The summed E-state index contributed by atoms with van der Waals surface area (Å²) in [6.45, 7) is 3.38. The monoisotopic (exact) mass is 331 g/mol. The Kier molecular flexibility index (Phi) is 4.73. The average molecular weight is 331 g/mol. The molecule has 2 heterocycles. The van der Waals surface area contributed by atoms with Crippen molar-refractivity contribution in [3.63, 3.8) is 0 Å². The van der Waals surface area contributed by atoms with Crippen molar-refractivity contribution in [1.82, 2.24) is 24.9 Å². The van der Waals surface area contributed by atoms with Gasteiger partial charge in [-0.1, -0.05) is 19.3 Å². The Labute approximate surface area is 139 Å². The lowest BCUT2D eigenvalue weighted by Gasteiger charge is -2.24. The second kappa shape index (κ2) is 6.94. The molecular formula is C16H21N5O3. The van der Waals surface area contributed by atoms with Crippen molar-refractivity contribution in [3.8, 4) is 0 Å². The van der Waals surface area contributed by atoms with Crippen molar-refractivity contribution in [2.45, 2.75) is 58.1 Å². The van der Waals surface area contributed by atoms with E-state index in [1.165, 1.54) is 10.9 Å². The fourth-order valence-corrected chi connectivity index (χ4v) is 2.83. The number of rotatable bonds is 4. The molecule has 0 radical (unpaired) electrons. The van der Waals surface area contributed by atoms with Crippen LogP contribution in [0.15, 0.2) is 12.3 Å². The van der Waals surface area contributed by atoms with Gasteiger partial charge in [-0.05, 0) is 32.8 Å². The summed E-state index contributed by atoms with van der Waals surface area (Å²) in [6.07, 6.45) is 6.11. The summed E-state index contributed by atoms with van der Waals surface area (Å²) >= 11 is 0. The summed E-state index contributed by atoms with van der Waals surface area (Å²) in [5.74, 6) is -0.796. The molecular weight excluding hydrogens is 310 g/mol. The van der Waals surface area contributed by atoms with Crippen LogP contribution in [0.25, 0.3) is 5.78 Å². The molecule has 1 saturated carbocycles. The summed E-state index contributed by atoms with van der Waals surface area (Å²) < 4.78 is 6.65. The lowest BCUT2D eigenvalue weighted by Crippen LogP contribution is -2.42. The van der Waals surface area contributed by atoms with Crippen molar-refractivity contribution in [2.75, 3.05) is 0 Å². The number of esters is 1. The predicted octanol–water partition coefficient (Wildman–Crippen LogP) is 1.43. The van der Waals surface area contributed by atoms with E-state index in [9.17, 15) is 9.59 Å². The number of nitrogens with one attached hydrogen (secondary N) is 1. The number of amides is 1. The van der Waals surface area contributed by atoms with E-state index < -0.39 is 12.1 Å². The normalized spacial score (nSPS) is 16.8. The van der Waals surface area contributed by atoms with E-state index in [0.717, 1.165) is 31.4 Å². The number of aromatic nitrogens is 4. The number of hydrogen-bond acceptors (Lipinski definition) is 6. The second-order valence-corrected chi connectivity index (χ2v) is 6.12. The van der Waals surface area contributed by atoms with Gasteiger partial charge in [0.2, 0.25) is 0 Å². The van der Waals surface area contributed by atoms with Gasteiger partial charge in [-0.15, -0.1) is 5.10 Å². The van der Waals surface area contributed by atoms with Crippen LogP contribution in [0.5, 0.6) is 0 Å². The number of nitrogens with zero attached hydrogens (tertiary/aromatic N) is 4. The number of carbonyl (C=O) groups excluding carboxylic acids is 2. The molecule has 1 amide bonds. The van der Waals surface area contributed by atoms with E-state index in [-0.39, 0.29) is 17.8 Å². The fraction of sp³-hybridized carbons (Fsp3) is 0.562. The lowest BCUT2D eigenvalue weighted by molar-refractivity contribution is -0.130. The van der Waals surface area contributed by atoms with Crippen LogP contribution in [0.2, 0.25) is 0 Å². The average Bonchev–Trinajstić information content (AvgIpc) is 3.01. The van der Waals surface area contributed by atoms with Crippen LogP contribution < -0.4 is 5.32 Å². The molecule has 0 saturated heterocycles. The molecule has 8 nitrogen and oxygen atoms in total. The molecule has 1 aliphatic rings. The van der Waals surface area contributed by atoms with E-state index >= 15 is 0 Å². The maximum absolute atomic E-state index is 12.2. The van der Waals surface area contributed by atoms with Gasteiger partial charge < -0.3 is 10.1 Å². The Morgan fingerprint density at radius 2 is 2.08 bits per heavy atom. The molecule has 1 N–H and O–H groups in total. The highest BCUT2D eigenvalue weighted by molar-refractivity contribution is 5.89. The zero-order valence-corrected chi connectivity index (χ0v) is 13.9. The van der Waals surface area contributed by atoms with Crippen LogP contribution in [-0.2, 0) is 9.53 Å². The molecule has 0 spiro atoms. The van der Waals surface area contributed by atoms with Gasteiger partial charge in [0.05, 0.1) is 0 Å². The van der Waals surface area contributed by atoms with Gasteiger partial charge in [-0.25, -0.2) is 14.3 Å². The van der Waals surface area contributed by atoms with Crippen LogP contribution in [0.4, 0.5) is 0 Å². The molecule has 0 aromatic carbocycles. The van der Waals surface area contributed by atoms with Crippen LogP contribution in [0.1, 0.15) is 55.3 Å². The molecule has 1 fully saturated rings. The van der Waals surface area contributed by atoms with Crippen LogP contribution >= 0.6 is 0 Å². The molecule has 1 unspecified atom stereocenters. The third kappa shape index (κ3) is 3.52. The minimum atomic E-state index is -0.889. The first-order valence-electron chi connectivity index (χ1n) is 8.24. The van der Waals surface area contributed by atoms with Crippen molar-refractivity contribution < 1.29 is 14.3 Å². The zero-order chi connectivity index (χ0) is 17.1. The maximum Gasteiger partial charge on any atom is 0.379 e. The van der Waals surface area contributed by atoms with Gasteiger partial charge in [0.1, 0.15) is 0 Å². The highest BCUT2D eigenvalue weighted by Gasteiger charge is 2.25. The van der Waals surface area contributed by atoms with Gasteiger partial charge in [0.15, 0.2) is 6.10 Å². The molecule has 2 aromatic heterocycles. The molecule has 0 aliphatic heterocycles. The largest absolute Gasteiger partial charge is 0.447 e. The smallest absolute Gasteiger partial charge is 0.379 e. The summed E-state index contributed by atoms with van der Waals surface area (Å²) in [4.78, 5) is 32.4. The van der Waals surface area contributed by atoms with Crippen LogP contribution in [0.3, 0.4) is 0 Å². The summed E-state index contributed by atoms with van der Waals surface area (Å²) in [7, 11) is 0. The van der Waals surface area contributed by atoms with E-state index in [1.807, 2.05) is 6.92 Å². The molecule has 0 bridgehead atoms. The number of ether oxygens (including phenoxy) is 1. The molecule has 1 aliphatic carbocycles. The first-order chi connectivity index (χ1) is 11.5. The van der Waals surface area contributed by atoms with Crippen LogP contribution in [-0.4, -0.2) is 43.6 Å². The highest BCUT2D eigenvalue weighted by Crippen LogP contribution is 2.17. The number of hydrogen-bond donors (Lipinski definition) is 1. The second-order valence-electron chi connectivity index (χ2n) is 6.12. The molecule has 1 atom stereocenters. The number of carbonyl (C=O) groups is 2. The van der Waals surface area contributed by atoms with Crippen molar-refractivity contribution in [3.05, 3.63) is 23.8 Å². The number of fused-ring (bicyclic) bond motifs is 1. The summed E-state index contributed by atoms with van der Waals surface area (Å²) in [5.41, 5.74) is 0.801. The van der Waals surface area contributed by atoms with Gasteiger partial charge >= 0.3 is 5.97 Å². The van der Waals surface area contributed by atoms with Crippen molar-refractivity contribution in [2.24, 2.45) is 0 Å². The van der Waals surface area contributed by atoms with Gasteiger partial charge in [0.25, 0.3) is 17.5 Å². The number of aryl methyl sites for hydroxylation is 1. The Morgan fingerprint density at radius 3 is 2.79 bits per heavy atom. The SMILES string of the molecule is Cc1ccnc2nc(C(=O)OC(C)C(=O)NC3CCCCC3)nn12. The van der Waals surface area contributed by atoms with Crippen LogP contribution in [0, 0.1) is 6.92 Å². The lowest BCUT2D eigenvalue weighted by atomic mass is 9.95. The standard InChI is InChI=1S/C16H21N5O3/c1-10-8-9-17-16-19-13(20-21(10)16)15(23)24-11(2)14(22)18-12-6-4-3-5-7-12/h8-9,11-12H,3-7H2,1-2H3,(H,18,22). The van der Waals surface area contributed by atoms with E-state index in [2.05, 4.69) is 20.4 Å². The summed E-state index contributed by atoms with van der Waals surface area (Å²) in [5, 5.41) is 7.01. The predicted molar refractivity (Wildman–Crippen MR) is 85.4 cm³/mol. The summed E-state index contributed by atoms with van der Waals surface area (Å²) in [6, 6.07) is 1.93. The Hall–Kier alpha value is -2.51. The van der Waals surface area contributed by atoms with E-state index in [4.69, 9.17) is 4.74 Å². The molecule has 8 heteroatoms. The Bertz CT molecular complexity index is 751. The third-order valence-corrected chi connectivity index (χ3v) is 4.22. The zero-order valence-electron chi connectivity index (χ0n) is 13.9. The fourth-order valence-electron chi connectivity index (χ4n) is 2.83. The van der Waals surface area contributed by atoms with Crippen molar-refractivity contribution >= 4 is 17.7 Å². The van der Waals surface area contributed by atoms with E-state index in [1.54, 1.807) is 19.2 Å². The van der Waals surface area contributed by atoms with Gasteiger partial charge in [-0.2, -0.15) is 4.98 Å². The highest BCUT2D eigenvalue weighted by atomic mass is 16.5. The molecule has 128 valence electrons. The topological polar surface area (TPSA) is 98.5 Å². The Morgan fingerprint density at radius 1 is 1.33 bits per heavy atom. The quantitative estimate of drug-likeness (QED) is 0.851. The Balaban J connectivity index is 1.62. The third-order valence-electron chi connectivity index (χ3n) is 4.22. The van der Waals surface area contributed by atoms with E-state index in [0.29, 0.717) is 5.78 Å². The van der Waals surface area contributed by atoms with Crippen molar-refractivity contribution in [1.29, 1.82) is 0 Å². The molecule has 3 rings (SSSR count). The molecule has 24 heavy (non-hydrogen) atoms. The molecule has 2 aromatic rings. The van der Waals surface area contributed by atoms with Gasteiger partial charge in [0, 0.05) is 17.9 Å². The first-order valence-corrected chi connectivity index (χ1v) is 8.24.